The highest BCUT2D eigenvalue weighted by Gasteiger charge is 2.38. The van der Waals surface area contributed by atoms with Crippen LogP contribution in [0.2, 0.25) is 0 Å². The highest BCUT2D eigenvalue weighted by atomic mass is 19.3. The molecule has 1 atom stereocenters. The van der Waals surface area contributed by atoms with Crippen molar-refractivity contribution in [1.29, 1.82) is 0 Å². The number of carbonyl (C=O) groups is 2. The summed E-state index contributed by atoms with van der Waals surface area (Å²) in [4.78, 5) is 33.9. The van der Waals surface area contributed by atoms with E-state index >= 15 is 0 Å². The summed E-state index contributed by atoms with van der Waals surface area (Å²) in [5.74, 6) is -3.84. The highest BCUT2D eigenvalue weighted by Crippen LogP contribution is 2.37. The molecule has 3 aliphatic heterocycles. The molecule has 0 radical (unpaired) electrons. The van der Waals surface area contributed by atoms with Gasteiger partial charge < -0.3 is 14.4 Å². The molecular formula is C25H31F2N5O4. The summed E-state index contributed by atoms with van der Waals surface area (Å²) in [5.41, 5.74) is 3.25. The van der Waals surface area contributed by atoms with Crippen LogP contribution in [0.3, 0.4) is 0 Å². The number of carbonyl (C=O) groups excluding carboxylic acids is 2. The summed E-state index contributed by atoms with van der Waals surface area (Å²) in [6, 6.07) is 0.112. The van der Waals surface area contributed by atoms with Gasteiger partial charge in [0.1, 0.15) is 6.61 Å². The number of alkyl halides is 2. The third-order valence-electron chi connectivity index (χ3n) is 7.26. The number of halogens is 2. The fourth-order valence-electron chi connectivity index (χ4n) is 5.40. The van der Waals surface area contributed by atoms with Crippen molar-refractivity contribution in [3.05, 3.63) is 35.2 Å². The molecule has 1 unspecified atom stereocenters. The van der Waals surface area contributed by atoms with E-state index in [0.29, 0.717) is 56.4 Å². The average molecular weight is 504 g/mol. The summed E-state index contributed by atoms with van der Waals surface area (Å²) in [5, 5.41) is 4.53. The molecule has 9 nitrogen and oxygen atoms in total. The number of allylic oxidation sites excluding steroid dienone is 2. The Kier molecular flexibility index (Phi) is 6.88. The second kappa shape index (κ2) is 9.95. The number of methoxy groups -OCH3 is 1. The van der Waals surface area contributed by atoms with Crippen molar-refractivity contribution in [3.8, 4) is 0 Å². The molecule has 0 bridgehead atoms. The van der Waals surface area contributed by atoms with Crippen molar-refractivity contribution in [3.63, 3.8) is 0 Å². The lowest BCUT2D eigenvalue weighted by atomic mass is 9.84. The Morgan fingerprint density at radius 3 is 2.64 bits per heavy atom. The molecule has 11 heteroatoms. The van der Waals surface area contributed by atoms with Crippen molar-refractivity contribution < 1.29 is 27.8 Å². The van der Waals surface area contributed by atoms with Gasteiger partial charge in [0.2, 0.25) is 5.91 Å². The Morgan fingerprint density at radius 1 is 1.22 bits per heavy atom. The van der Waals surface area contributed by atoms with Crippen molar-refractivity contribution in [1.82, 2.24) is 19.6 Å². The maximum atomic E-state index is 13.9. The van der Waals surface area contributed by atoms with Crippen LogP contribution >= 0.6 is 0 Å². The van der Waals surface area contributed by atoms with E-state index in [2.05, 4.69) is 14.8 Å². The Bertz CT molecular complexity index is 1130. The zero-order chi connectivity index (χ0) is 25.4. The van der Waals surface area contributed by atoms with Crippen LogP contribution in [-0.4, -0.2) is 103 Å². The Hall–Kier alpha value is -2.76. The van der Waals surface area contributed by atoms with E-state index in [0.717, 1.165) is 24.0 Å². The minimum Gasteiger partial charge on any atom is -0.381 e. The van der Waals surface area contributed by atoms with Crippen molar-refractivity contribution in [2.24, 2.45) is 10.9 Å². The van der Waals surface area contributed by atoms with Gasteiger partial charge in [0, 0.05) is 52.1 Å². The van der Waals surface area contributed by atoms with Crippen LogP contribution in [0, 0.1) is 5.92 Å². The van der Waals surface area contributed by atoms with E-state index in [9.17, 15) is 18.4 Å². The van der Waals surface area contributed by atoms with Crippen LogP contribution in [0.4, 0.5) is 8.78 Å². The van der Waals surface area contributed by atoms with Gasteiger partial charge >= 0.3 is 0 Å². The summed E-state index contributed by atoms with van der Waals surface area (Å²) < 4.78 is 39.9. The molecule has 0 spiro atoms. The Morgan fingerprint density at radius 2 is 1.94 bits per heavy atom. The van der Waals surface area contributed by atoms with E-state index in [1.807, 2.05) is 23.8 Å². The number of hydrogen-bond acceptors (Lipinski definition) is 6. The second-order valence-electron chi connectivity index (χ2n) is 9.83. The number of amides is 2. The van der Waals surface area contributed by atoms with Gasteiger partial charge in [0.05, 0.1) is 41.7 Å². The molecule has 1 aliphatic carbocycles. The maximum Gasteiger partial charge on any atom is 0.283 e. The normalized spacial score (nSPS) is 23.6. The fraction of sp³-hybridized carbons (Fsp3) is 0.600. The van der Waals surface area contributed by atoms with Gasteiger partial charge in [-0.3, -0.25) is 19.2 Å². The molecule has 4 heterocycles. The van der Waals surface area contributed by atoms with Gasteiger partial charge in [-0.05, 0) is 25.8 Å². The smallest absolute Gasteiger partial charge is 0.283 e. The van der Waals surface area contributed by atoms with E-state index in [4.69, 9.17) is 4.74 Å². The number of nitrogens with zero attached hydrogens (tertiary/aromatic N) is 5. The summed E-state index contributed by atoms with van der Waals surface area (Å²) in [6.45, 7) is 3.62. The third kappa shape index (κ3) is 4.79. The first-order chi connectivity index (χ1) is 17.3. The maximum absolute atomic E-state index is 13.9. The van der Waals surface area contributed by atoms with E-state index in [1.165, 1.54) is 7.11 Å². The lowest BCUT2D eigenvalue weighted by Crippen LogP contribution is -2.53. The summed E-state index contributed by atoms with van der Waals surface area (Å²) in [7, 11) is 1.26. The SMILES string of the molecule is COCC(F)(F)CN1CCN(C(=O)C2C=C3C(=NC(=O)c4cnn(C5CCOCC5)c43)C=C2C)CC1. The van der Waals surface area contributed by atoms with Crippen molar-refractivity contribution >= 4 is 23.1 Å². The quantitative estimate of drug-likeness (QED) is 0.592. The highest BCUT2D eigenvalue weighted by molar-refractivity contribution is 6.36. The van der Waals surface area contributed by atoms with Gasteiger partial charge in [-0.2, -0.15) is 5.10 Å². The van der Waals surface area contributed by atoms with Gasteiger partial charge in [0.15, 0.2) is 0 Å². The predicted molar refractivity (Wildman–Crippen MR) is 128 cm³/mol. The largest absolute Gasteiger partial charge is 0.381 e. The summed E-state index contributed by atoms with van der Waals surface area (Å²) in [6.07, 6.45) is 6.86. The number of aromatic nitrogens is 2. The first kappa shape index (κ1) is 24.9. The molecule has 0 aromatic carbocycles. The van der Waals surface area contributed by atoms with Crippen LogP contribution in [0.1, 0.15) is 41.9 Å². The van der Waals surface area contributed by atoms with Gasteiger partial charge in [-0.25, -0.2) is 13.8 Å². The molecular weight excluding hydrogens is 472 g/mol. The van der Waals surface area contributed by atoms with Gasteiger partial charge in [-0.15, -0.1) is 0 Å². The van der Waals surface area contributed by atoms with E-state index in [-0.39, 0.29) is 24.4 Å². The molecule has 2 fully saturated rings. The van der Waals surface area contributed by atoms with Crippen LogP contribution < -0.4 is 0 Å². The predicted octanol–water partition coefficient (Wildman–Crippen LogP) is 2.21. The van der Waals surface area contributed by atoms with Crippen LogP contribution in [0.5, 0.6) is 0 Å². The Labute approximate surface area is 208 Å². The zero-order valence-electron chi connectivity index (χ0n) is 20.6. The van der Waals surface area contributed by atoms with Crippen molar-refractivity contribution in [2.45, 2.75) is 31.7 Å². The first-order valence-electron chi connectivity index (χ1n) is 12.3. The minimum absolute atomic E-state index is 0.0748. The molecule has 2 saturated heterocycles. The lowest BCUT2D eigenvalue weighted by molar-refractivity contribution is -0.136. The molecule has 5 rings (SSSR count). The van der Waals surface area contributed by atoms with E-state index in [1.54, 1.807) is 16.0 Å². The molecule has 194 valence electrons. The van der Waals surface area contributed by atoms with Crippen LogP contribution in [0.15, 0.2) is 28.9 Å². The zero-order valence-corrected chi connectivity index (χ0v) is 20.6. The standard InChI is InChI=1S/C25H31F2N5O4/c1-16-11-21-19(22-20(23(33)29-21)13-28-32(22)17-3-9-36-10-4-17)12-18(16)24(34)31-7-5-30(6-8-31)14-25(26,27)15-35-2/h11-13,17-18H,3-10,14-15H2,1-2H3. The van der Waals surface area contributed by atoms with E-state index < -0.39 is 18.4 Å². The monoisotopic (exact) mass is 503 g/mol. The fourth-order valence-corrected chi connectivity index (χ4v) is 5.40. The minimum atomic E-state index is -2.92. The number of aliphatic imine (C=N–C) groups is 1. The number of piperazine rings is 1. The first-order valence-corrected chi connectivity index (χ1v) is 12.3. The van der Waals surface area contributed by atoms with Gasteiger partial charge in [-0.1, -0.05) is 11.6 Å². The average Bonchev–Trinajstić information content (AvgIpc) is 3.30. The lowest BCUT2D eigenvalue weighted by Gasteiger charge is -2.38. The number of fused-ring (bicyclic) bond motifs is 3. The molecule has 2 amide bonds. The molecule has 1 aromatic rings. The third-order valence-corrected chi connectivity index (χ3v) is 7.26. The summed E-state index contributed by atoms with van der Waals surface area (Å²) >= 11 is 0. The number of hydrogen-bond donors (Lipinski definition) is 0. The number of ether oxygens (including phenoxy) is 2. The van der Waals surface area contributed by atoms with Crippen molar-refractivity contribution in [2.75, 3.05) is 59.7 Å². The topological polar surface area (TPSA) is 89.3 Å². The Balaban J connectivity index is 1.35. The van der Waals surface area contributed by atoms with Gasteiger partial charge in [0.25, 0.3) is 11.8 Å². The second-order valence-corrected chi connectivity index (χ2v) is 9.83. The molecule has 0 N–H and O–H groups in total. The number of rotatable bonds is 6. The van der Waals surface area contributed by atoms with Crippen LogP contribution in [-0.2, 0) is 14.3 Å². The molecule has 1 aromatic heterocycles. The van der Waals surface area contributed by atoms with Crippen LogP contribution in [0.25, 0.3) is 5.57 Å². The molecule has 36 heavy (non-hydrogen) atoms. The molecule has 0 saturated carbocycles. The molecule has 4 aliphatic rings.